The van der Waals surface area contributed by atoms with Gasteiger partial charge in [-0.2, -0.15) is 0 Å². The van der Waals surface area contributed by atoms with E-state index in [4.69, 9.17) is 16.3 Å². The minimum absolute atomic E-state index is 0.0138. The second kappa shape index (κ2) is 12.5. The van der Waals surface area contributed by atoms with Gasteiger partial charge in [-0.15, -0.1) is 0 Å². The first-order valence-electron chi connectivity index (χ1n) is 10.9. The highest BCUT2D eigenvalue weighted by Crippen LogP contribution is 2.30. The molecule has 1 fully saturated rings. The number of ether oxygens (including phenoxy) is 1. The van der Waals surface area contributed by atoms with Gasteiger partial charge >= 0.3 is 5.97 Å². The SMILES string of the molecule is CC(=O)C(Br)c1ccc(Cl)c(S(=O)(=O)NCCN[C@@H](CC(C)C)C(=O)OC2CCCC2)c1. The molecule has 1 aliphatic carbocycles. The van der Waals surface area contributed by atoms with Gasteiger partial charge in [-0.3, -0.25) is 9.59 Å². The fourth-order valence-corrected chi connectivity index (χ4v) is 5.46. The summed E-state index contributed by atoms with van der Waals surface area (Å²) in [6.45, 7) is 5.78. The third kappa shape index (κ3) is 8.09. The van der Waals surface area contributed by atoms with E-state index in [0.29, 0.717) is 12.0 Å². The van der Waals surface area contributed by atoms with Crippen molar-refractivity contribution in [3.8, 4) is 0 Å². The van der Waals surface area contributed by atoms with Crippen LogP contribution in [0, 0.1) is 5.92 Å². The van der Waals surface area contributed by atoms with Crippen molar-refractivity contribution < 1.29 is 22.7 Å². The summed E-state index contributed by atoms with van der Waals surface area (Å²) in [6, 6.07) is 3.96. The maximum Gasteiger partial charge on any atom is 0.323 e. The number of sulfonamides is 1. The third-order valence-electron chi connectivity index (χ3n) is 5.28. The van der Waals surface area contributed by atoms with E-state index in [1.54, 1.807) is 6.07 Å². The van der Waals surface area contributed by atoms with E-state index in [9.17, 15) is 18.0 Å². The fraction of sp³-hybridized carbons (Fsp3) is 0.636. The van der Waals surface area contributed by atoms with Crippen molar-refractivity contribution in [1.29, 1.82) is 0 Å². The van der Waals surface area contributed by atoms with Gasteiger partial charge in [0.1, 0.15) is 22.8 Å². The van der Waals surface area contributed by atoms with Crippen molar-refractivity contribution >= 4 is 49.3 Å². The highest BCUT2D eigenvalue weighted by atomic mass is 79.9. The third-order valence-corrected chi connectivity index (χ3v) is 8.39. The van der Waals surface area contributed by atoms with Crippen LogP contribution in [0.15, 0.2) is 23.1 Å². The number of ketones is 1. The maximum atomic E-state index is 12.8. The molecule has 1 saturated carbocycles. The first-order valence-corrected chi connectivity index (χ1v) is 13.7. The Morgan fingerprint density at radius 3 is 2.47 bits per heavy atom. The summed E-state index contributed by atoms with van der Waals surface area (Å²) in [6.07, 6.45) is 4.54. The highest BCUT2D eigenvalue weighted by Gasteiger charge is 2.26. The zero-order valence-corrected chi connectivity index (χ0v) is 21.9. The Bertz CT molecular complexity index is 904. The molecule has 0 heterocycles. The Morgan fingerprint density at radius 1 is 1.22 bits per heavy atom. The van der Waals surface area contributed by atoms with Crippen LogP contribution in [-0.2, 0) is 24.3 Å². The van der Waals surface area contributed by atoms with E-state index < -0.39 is 20.9 Å². The number of alkyl halides is 1. The molecule has 0 bridgehead atoms. The zero-order chi connectivity index (χ0) is 23.9. The number of esters is 1. The molecule has 1 aliphatic rings. The molecule has 180 valence electrons. The van der Waals surface area contributed by atoms with E-state index in [1.807, 2.05) is 13.8 Å². The van der Waals surface area contributed by atoms with Gasteiger partial charge in [-0.1, -0.05) is 47.4 Å². The number of carbonyl (C=O) groups excluding carboxylic acids is 2. The Hall–Kier alpha value is -1.00. The van der Waals surface area contributed by atoms with Crippen LogP contribution in [0.3, 0.4) is 0 Å². The molecule has 1 aromatic carbocycles. The molecule has 0 radical (unpaired) electrons. The number of rotatable bonds is 12. The van der Waals surface area contributed by atoms with Crippen molar-refractivity contribution in [3.63, 3.8) is 0 Å². The number of carbonyl (C=O) groups is 2. The fourth-order valence-electron chi connectivity index (χ4n) is 3.61. The summed E-state index contributed by atoms with van der Waals surface area (Å²) in [4.78, 5) is 23.5. The van der Waals surface area contributed by atoms with Crippen LogP contribution >= 0.6 is 27.5 Å². The van der Waals surface area contributed by atoms with Crippen LogP contribution in [-0.4, -0.2) is 45.4 Å². The second-order valence-electron chi connectivity index (χ2n) is 8.54. The molecule has 0 saturated heterocycles. The lowest BCUT2D eigenvalue weighted by Crippen LogP contribution is -2.43. The van der Waals surface area contributed by atoms with E-state index in [-0.39, 0.29) is 46.8 Å². The number of hydrogen-bond acceptors (Lipinski definition) is 6. The van der Waals surface area contributed by atoms with Gasteiger partial charge in [0.2, 0.25) is 10.0 Å². The summed E-state index contributed by atoms with van der Waals surface area (Å²) in [5.74, 6) is -0.148. The molecule has 7 nitrogen and oxygen atoms in total. The van der Waals surface area contributed by atoms with Crippen LogP contribution in [0.5, 0.6) is 0 Å². The molecule has 1 aromatic rings. The zero-order valence-electron chi connectivity index (χ0n) is 18.7. The maximum absolute atomic E-state index is 12.8. The molecule has 10 heteroatoms. The van der Waals surface area contributed by atoms with Crippen molar-refractivity contribution in [3.05, 3.63) is 28.8 Å². The first kappa shape index (κ1) is 27.2. The minimum Gasteiger partial charge on any atom is -0.461 e. The standard InChI is InChI=1S/C22H32BrClN2O5S/c1-14(2)12-19(22(28)31-17-6-4-5-7-17)25-10-11-26-32(29,30)20-13-16(8-9-18(20)24)21(23)15(3)27/h8-9,13-14,17,19,21,25-26H,4-7,10-12H2,1-3H3/t19-,21?/m0/s1. The number of benzene rings is 1. The van der Waals surface area contributed by atoms with Crippen LogP contribution in [0.4, 0.5) is 0 Å². The van der Waals surface area contributed by atoms with E-state index >= 15 is 0 Å². The highest BCUT2D eigenvalue weighted by molar-refractivity contribution is 9.09. The Morgan fingerprint density at radius 2 is 1.88 bits per heavy atom. The van der Waals surface area contributed by atoms with Crippen LogP contribution < -0.4 is 10.0 Å². The smallest absolute Gasteiger partial charge is 0.323 e. The quantitative estimate of drug-likeness (QED) is 0.230. The lowest BCUT2D eigenvalue weighted by molar-refractivity contribution is -0.151. The van der Waals surface area contributed by atoms with Crippen molar-refractivity contribution in [2.75, 3.05) is 13.1 Å². The molecule has 0 aromatic heterocycles. The molecule has 2 N–H and O–H groups in total. The van der Waals surface area contributed by atoms with Gasteiger partial charge in [-0.05, 0) is 62.6 Å². The molecule has 2 atom stereocenters. The molecule has 0 aliphatic heterocycles. The summed E-state index contributed by atoms with van der Waals surface area (Å²) in [7, 11) is -3.90. The number of halogens is 2. The average molecular weight is 552 g/mol. The number of Topliss-reactive ketones (excluding diaryl/α,β-unsaturated/α-hetero) is 1. The monoisotopic (exact) mass is 550 g/mol. The largest absolute Gasteiger partial charge is 0.461 e. The minimum atomic E-state index is -3.90. The first-order chi connectivity index (χ1) is 15.0. The van der Waals surface area contributed by atoms with Gasteiger partial charge in [0, 0.05) is 13.1 Å². The van der Waals surface area contributed by atoms with Crippen molar-refractivity contribution in [1.82, 2.24) is 10.0 Å². The van der Waals surface area contributed by atoms with Gasteiger partial charge < -0.3 is 10.1 Å². The molecule has 0 spiro atoms. The van der Waals surface area contributed by atoms with Crippen LogP contribution in [0.2, 0.25) is 5.02 Å². The molecule has 2 rings (SSSR count). The van der Waals surface area contributed by atoms with Gasteiger partial charge in [-0.25, -0.2) is 13.1 Å². The predicted molar refractivity (Wildman–Crippen MR) is 129 cm³/mol. The van der Waals surface area contributed by atoms with Gasteiger partial charge in [0.05, 0.1) is 9.85 Å². The Labute approximate surface area is 204 Å². The molecule has 0 amide bonds. The lowest BCUT2D eigenvalue weighted by atomic mass is 10.0. The molecule has 1 unspecified atom stereocenters. The second-order valence-corrected chi connectivity index (χ2v) is 11.6. The summed E-state index contributed by atoms with van der Waals surface area (Å²) in [5, 5.41) is 3.19. The van der Waals surface area contributed by atoms with Crippen molar-refractivity contribution in [2.24, 2.45) is 5.92 Å². The lowest BCUT2D eigenvalue weighted by Gasteiger charge is -2.22. The van der Waals surface area contributed by atoms with E-state index in [2.05, 4.69) is 26.0 Å². The molecular formula is C22H32BrClN2O5S. The Kier molecular flexibility index (Phi) is 10.6. The topological polar surface area (TPSA) is 102 Å². The average Bonchev–Trinajstić information content (AvgIpc) is 3.22. The van der Waals surface area contributed by atoms with Crippen LogP contribution in [0.1, 0.15) is 63.3 Å². The van der Waals surface area contributed by atoms with Crippen molar-refractivity contribution in [2.45, 2.75) is 74.7 Å². The normalized spacial score (nSPS) is 16.8. The number of hydrogen-bond donors (Lipinski definition) is 2. The van der Waals surface area contributed by atoms with E-state index in [0.717, 1.165) is 25.7 Å². The van der Waals surface area contributed by atoms with E-state index in [1.165, 1.54) is 19.1 Å². The summed E-state index contributed by atoms with van der Waals surface area (Å²) >= 11 is 9.37. The summed E-state index contributed by atoms with van der Waals surface area (Å²) in [5.41, 5.74) is 0.507. The Balaban J connectivity index is 1.97. The molecular weight excluding hydrogens is 520 g/mol. The number of nitrogens with one attached hydrogen (secondary N) is 2. The van der Waals surface area contributed by atoms with Gasteiger partial charge in [0.15, 0.2) is 0 Å². The summed E-state index contributed by atoms with van der Waals surface area (Å²) < 4.78 is 33.7. The van der Waals surface area contributed by atoms with Crippen LogP contribution in [0.25, 0.3) is 0 Å². The molecule has 32 heavy (non-hydrogen) atoms. The predicted octanol–water partition coefficient (Wildman–Crippen LogP) is 4.13. The van der Waals surface area contributed by atoms with Gasteiger partial charge in [0.25, 0.3) is 0 Å².